The lowest BCUT2D eigenvalue weighted by molar-refractivity contribution is 0.125. The molecule has 0 spiro atoms. The molecule has 78 valence electrons. The predicted octanol–water partition coefficient (Wildman–Crippen LogP) is 0.445. The maximum atomic E-state index is 11.8. The van der Waals surface area contributed by atoms with Crippen molar-refractivity contribution in [1.82, 2.24) is 4.31 Å². The largest absolute Gasteiger partial charge is 0.377 e. The van der Waals surface area contributed by atoms with Crippen LogP contribution in [0.4, 0.5) is 0 Å². The molecular formula is C8H17NO3S. The Morgan fingerprint density at radius 1 is 1.54 bits per heavy atom. The average molecular weight is 207 g/mol. The molecule has 1 rings (SSSR count). The van der Waals surface area contributed by atoms with Gasteiger partial charge in [-0.1, -0.05) is 6.92 Å². The standard InChI is InChI=1S/C8H17NO3S/c1-4-9(3)13(10,11)8-5-6-12-7(8)2/h7-8H,4-6H2,1-3H3. The van der Waals surface area contributed by atoms with Crippen molar-refractivity contribution >= 4 is 10.0 Å². The molecule has 0 aliphatic carbocycles. The van der Waals surface area contributed by atoms with Gasteiger partial charge in [0.2, 0.25) is 10.0 Å². The van der Waals surface area contributed by atoms with E-state index in [2.05, 4.69) is 0 Å². The van der Waals surface area contributed by atoms with Crippen LogP contribution in [0.2, 0.25) is 0 Å². The maximum absolute atomic E-state index is 11.8. The second kappa shape index (κ2) is 3.94. The minimum Gasteiger partial charge on any atom is -0.377 e. The molecule has 4 nitrogen and oxygen atoms in total. The zero-order valence-electron chi connectivity index (χ0n) is 8.36. The van der Waals surface area contributed by atoms with Gasteiger partial charge in [0.15, 0.2) is 0 Å². The van der Waals surface area contributed by atoms with E-state index < -0.39 is 10.0 Å². The van der Waals surface area contributed by atoms with Gasteiger partial charge in [0.25, 0.3) is 0 Å². The number of rotatable bonds is 3. The lowest BCUT2D eigenvalue weighted by Gasteiger charge is -2.21. The van der Waals surface area contributed by atoms with Crippen LogP contribution in [0.3, 0.4) is 0 Å². The van der Waals surface area contributed by atoms with E-state index in [9.17, 15) is 8.42 Å². The zero-order chi connectivity index (χ0) is 10.1. The van der Waals surface area contributed by atoms with Crippen LogP contribution in [0.25, 0.3) is 0 Å². The molecule has 0 bridgehead atoms. The van der Waals surface area contributed by atoms with Gasteiger partial charge >= 0.3 is 0 Å². The Hall–Kier alpha value is -0.130. The topological polar surface area (TPSA) is 46.6 Å². The minimum absolute atomic E-state index is 0.168. The highest BCUT2D eigenvalue weighted by molar-refractivity contribution is 7.89. The predicted molar refractivity (Wildman–Crippen MR) is 51.0 cm³/mol. The van der Waals surface area contributed by atoms with Crippen molar-refractivity contribution in [1.29, 1.82) is 0 Å². The normalized spacial score (nSPS) is 29.8. The summed E-state index contributed by atoms with van der Waals surface area (Å²) in [6.45, 7) is 4.73. The van der Waals surface area contributed by atoms with Gasteiger partial charge in [-0.15, -0.1) is 0 Å². The number of ether oxygens (including phenoxy) is 1. The van der Waals surface area contributed by atoms with Crippen LogP contribution in [-0.4, -0.2) is 44.3 Å². The van der Waals surface area contributed by atoms with Crippen molar-refractivity contribution in [2.45, 2.75) is 31.6 Å². The number of hydrogen-bond acceptors (Lipinski definition) is 3. The lowest BCUT2D eigenvalue weighted by Crippen LogP contribution is -2.39. The van der Waals surface area contributed by atoms with Crippen LogP contribution in [0.1, 0.15) is 20.3 Å². The Morgan fingerprint density at radius 3 is 2.54 bits per heavy atom. The minimum atomic E-state index is -3.13. The Labute approximate surface area is 79.9 Å². The highest BCUT2D eigenvalue weighted by atomic mass is 32.2. The number of nitrogens with zero attached hydrogens (tertiary/aromatic N) is 1. The molecular weight excluding hydrogens is 190 g/mol. The van der Waals surface area contributed by atoms with Crippen molar-refractivity contribution in [2.24, 2.45) is 0 Å². The summed E-state index contributed by atoms with van der Waals surface area (Å²) in [6, 6.07) is 0. The lowest BCUT2D eigenvalue weighted by atomic mass is 10.3. The molecule has 0 aromatic rings. The van der Waals surface area contributed by atoms with Gasteiger partial charge < -0.3 is 4.74 Å². The summed E-state index contributed by atoms with van der Waals surface area (Å²) in [5, 5.41) is -0.350. The van der Waals surface area contributed by atoms with Crippen molar-refractivity contribution in [3.05, 3.63) is 0 Å². The summed E-state index contributed by atoms with van der Waals surface area (Å²) in [4.78, 5) is 0. The van der Waals surface area contributed by atoms with E-state index in [1.807, 2.05) is 13.8 Å². The maximum Gasteiger partial charge on any atom is 0.219 e. The first-order valence-corrected chi connectivity index (χ1v) is 6.07. The molecule has 0 radical (unpaired) electrons. The Kier molecular flexibility index (Phi) is 3.32. The zero-order valence-corrected chi connectivity index (χ0v) is 9.17. The van der Waals surface area contributed by atoms with Crippen LogP contribution in [-0.2, 0) is 14.8 Å². The Bertz CT molecular complexity index is 263. The van der Waals surface area contributed by atoms with E-state index in [1.165, 1.54) is 4.31 Å². The summed E-state index contributed by atoms with van der Waals surface area (Å²) in [6.07, 6.45) is 0.451. The van der Waals surface area contributed by atoms with Crippen LogP contribution >= 0.6 is 0 Å². The second-order valence-corrected chi connectivity index (χ2v) is 5.62. The third kappa shape index (κ3) is 2.03. The first kappa shape index (κ1) is 10.9. The second-order valence-electron chi connectivity index (χ2n) is 3.36. The molecule has 1 fully saturated rings. The van der Waals surface area contributed by atoms with Crippen molar-refractivity contribution < 1.29 is 13.2 Å². The van der Waals surface area contributed by atoms with E-state index in [0.717, 1.165) is 0 Å². The fourth-order valence-electron chi connectivity index (χ4n) is 1.51. The van der Waals surface area contributed by atoms with E-state index in [-0.39, 0.29) is 11.4 Å². The first-order valence-electron chi connectivity index (χ1n) is 4.57. The molecule has 13 heavy (non-hydrogen) atoms. The molecule has 1 heterocycles. The van der Waals surface area contributed by atoms with E-state index in [0.29, 0.717) is 19.6 Å². The molecule has 5 heteroatoms. The van der Waals surface area contributed by atoms with Gasteiger partial charge in [0.1, 0.15) is 5.25 Å². The molecule has 1 aliphatic rings. The molecule has 0 saturated carbocycles. The number of sulfonamides is 1. The fraction of sp³-hybridized carbons (Fsp3) is 1.00. The summed E-state index contributed by atoms with van der Waals surface area (Å²) < 4.78 is 30.3. The van der Waals surface area contributed by atoms with Crippen molar-refractivity contribution in [3.8, 4) is 0 Å². The van der Waals surface area contributed by atoms with Crippen LogP contribution in [0.15, 0.2) is 0 Å². The van der Waals surface area contributed by atoms with Gasteiger partial charge in [-0.25, -0.2) is 12.7 Å². The molecule has 0 N–H and O–H groups in total. The molecule has 1 aliphatic heterocycles. The highest BCUT2D eigenvalue weighted by Crippen LogP contribution is 2.22. The quantitative estimate of drug-likeness (QED) is 0.675. The molecule has 1 saturated heterocycles. The monoisotopic (exact) mass is 207 g/mol. The molecule has 0 aromatic heterocycles. The fourth-order valence-corrected chi connectivity index (χ4v) is 3.29. The van der Waals surface area contributed by atoms with Gasteiger partial charge in [0, 0.05) is 20.2 Å². The third-order valence-corrected chi connectivity index (χ3v) is 5.08. The Balaban J connectivity index is 2.80. The molecule has 0 amide bonds. The molecule has 2 unspecified atom stereocenters. The van der Waals surface area contributed by atoms with Gasteiger partial charge in [-0.3, -0.25) is 0 Å². The van der Waals surface area contributed by atoms with Crippen LogP contribution in [0, 0.1) is 0 Å². The summed E-state index contributed by atoms with van der Waals surface area (Å²) >= 11 is 0. The van der Waals surface area contributed by atoms with E-state index in [1.54, 1.807) is 7.05 Å². The van der Waals surface area contributed by atoms with Crippen molar-refractivity contribution in [3.63, 3.8) is 0 Å². The summed E-state index contributed by atoms with van der Waals surface area (Å²) in [5.41, 5.74) is 0. The summed E-state index contributed by atoms with van der Waals surface area (Å²) in [7, 11) is -1.52. The molecule has 2 atom stereocenters. The van der Waals surface area contributed by atoms with E-state index in [4.69, 9.17) is 4.74 Å². The van der Waals surface area contributed by atoms with Gasteiger partial charge in [0.05, 0.1) is 6.10 Å². The summed E-state index contributed by atoms with van der Waals surface area (Å²) in [5.74, 6) is 0. The molecule has 0 aromatic carbocycles. The van der Waals surface area contributed by atoms with Crippen LogP contribution in [0.5, 0.6) is 0 Å². The van der Waals surface area contributed by atoms with Gasteiger partial charge in [-0.05, 0) is 13.3 Å². The van der Waals surface area contributed by atoms with Gasteiger partial charge in [-0.2, -0.15) is 0 Å². The van der Waals surface area contributed by atoms with E-state index >= 15 is 0 Å². The SMILES string of the molecule is CCN(C)S(=O)(=O)C1CCOC1C. The highest BCUT2D eigenvalue weighted by Gasteiger charge is 2.37. The van der Waals surface area contributed by atoms with Crippen molar-refractivity contribution in [2.75, 3.05) is 20.2 Å². The third-order valence-electron chi connectivity index (χ3n) is 2.57. The smallest absolute Gasteiger partial charge is 0.219 e. The Morgan fingerprint density at radius 2 is 2.15 bits per heavy atom. The average Bonchev–Trinajstić information content (AvgIpc) is 2.50. The first-order chi connectivity index (χ1) is 6.00. The van der Waals surface area contributed by atoms with Crippen LogP contribution < -0.4 is 0 Å². The number of hydrogen-bond donors (Lipinski definition) is 0.